The smallest absolute Gasteiger partial charge is 0.0757 e. The highest BCUT2D eigenvalue weighted by Crippen LogP contribution is 2.43. The minimum atomic E-state index is 0.278. The topological polar surface area (TPSA) is 0 Å². The van der Waals surface area contributed by atoms with Crippen LogP contribution in [0.25, 0.3) is 0 Å². The average Bonchev–Trinajstić information content (AvgIpc) is 2.71. The normalized spacial score (nSPS) is 13.1. The van der Waals surface area contributed by atoms with Crippen LogP contribution in [0.2, 0.25) is 0 Å². The summed E-state index contributed by atoms with van der Waals surface area (Å²) in [7, 11) is 0. The molecule has 0 aromatic carbocycles. The Morgan fingerprint density at radius 3 is 2.40 bits per heavy atom. The molecule has 0 saturated heterocycles. The van der Waals surface area contributed by atoms with Crippen LogP contribution >= 0.6 is 70.5 Å². The van der Waals surface area contributed by atoms with Gasteiger partial charge >= 0.3 is 0 Å². The summed E-state index contributed by atoms with van der Waals surface area (Å²) >= 11 is 14.3. The SMILES string of the molecule is Cc1cscc1C(Br)c1cc(Br)sc1Br. The van der Waals surface area contributed by atoms with Crippen molar-refractivity contribution in [2.75, 3.05) is 0 Å². The average molecular weight is 431 g/mol. The Kier molecular flexibility index (Phi) is 4.10. The monoisotopic (exact) mass is 428 g/mol. The van der Waals surface area contributed by atoms with Gasteiger partial charge in [0, 0.05) is 0 Å². The first-order valence-corrected chi connectivity index (χ1v) is 8.47. The van der Waals surface area contributed by atoms with Crippen LogP contribution in [-0.2, 0) is 0 Å². The molecule has 1 atom stereocenters. The van der Waals surface area contributed by atoms with Gasteiger partial charge in [0.05, 0.1) is 12.4 Å². The lowest BCUT2D eigenvalue weighted by Crippen LogP contribution is -1.91. The fraction of sp³-hybridized carbons (Fsp3) is 0.200. The predicted molar refractivity (Wildman–Crippen MR) is 79.5 cm³/mol. The largest absolute Gasteiger partial charge is 0.152 e. The summed E-state index contributed by atoms with van der Waals surface area (Å²) in [4.78, 5) is 0.278. The molecule has 0 fully saturated rings. The molecule has 2 aromatic rings. The van der Waals surface area contributed by atoms with Crippen molar-refractivity contribution in [1.82, 2.24) is 0 Å². The zero-order valence-electron chi connectivity index (χ0n) is 7.76. The Bertz CT molecular complexity index is 473. The highest BCUT2D eigenvalue weighted by molar-refractivity contribution is 9.12. The van der Waals surface area contributed by atoms with Crippen molar-refractivity contribution >= 4 is 70.5 Å². The lowest BCUT2D eigenvalue weighted by atomic mass is 10.1. The van der Waals surface area contributed by atoms with E-state index < -0.39 is 0 Å². The molecule has 0 N–H and O–H groups in total. The third-order valence-electron chi connectivity index (χ3n) is 2.12. The first kappa shape index (κ1) is 12.3. The summed E-state index contributed by atoms with van der Waals surface area (Å²) in [6, 6.07) is 2.16. The number of thiophene rings is 2. The number of hydrogen-bond donors (Lipinski definition) is 0. The molecule has 0 radical (unpaired) electrons. The van der Waals surface area contributed by atoms with E-state index >= 15 is 0 Å². The van der Waals surface area contributed by atoms with E-state index in [9.17, 15) is 0 Å². The molecule has 2 rings (SSSR count). The minimum absolute atomic E-state index is 0.278. The molecule has 0 nitrogen and oxygen atoms in total. The number of aryl methyl sites for hydroxylation is 1. The first-order chi connectivity index (χ1) is 7.09. The van der Waals surface area contributed by atoms with Crippen molar-refractivity contribution in [1.29, 1.82) is 0 Å². The minimum Gasteiger partial charge on any atom is -0.152 e. The highest BCUT2D eigenvalue weighted by Gasteiger charge is 2.18. The summed E-state index contributed by atoms with van der Waals surface area (Å²) in [6.07, 6.45) is 0. The van der Waals surface area contributed by atoms with Crippen molar-refractivity contribution in [3.05, 3.63) is 41.1 Å². The summed E-state index contributed by atoms with van der Waals surface area (Å²) in [5.41, 5.74) is 3.98. The molecule has 0 saturated carbocycles. The number of rotatable bonds is 2. The summed E-state index contributed by atoms with van der Waals surface area (Å²) in [5.74, 6) is 0. The van der Waals surface area contributed by atoms with E-state index in [1.54, 1.807) is 22.7 Å². The molecule has 0 aliphatic carbocycles. The van der Waals surface area contributed by atoms with Gasteiger partial charge in [0.1, 0.15) is 0 Å². The molecule has 2 heterocycles. The van der Waals surface area contributed by atoms with Crippen LogP contribution in [0, 0.1) is 6.92 Å². The van der Waals surface area contributed by atoms with Crippen molar-refractivity contribution in [2.24, 2.45) is 0 Å². The lowest BCUT2D eigenvalue weighted by Gasteiger charge is -2.08. The fourth-order valence-electron chi connectivity index (χ4n) is 1.32. The summed E-state index contributed by atoms with van der Waals surface area (Å²) in [6.45, 7) is 2.15. The van der Waals surface area contributed by atoms with Gasteiger partial charge in [-0.3, -0.25) is 0 Å². The van der Waals surface area contributed by atoms with Gasteiger partial charge in [0.2, 0.25) is 0 Å². The molecule has 5 heteroatoms. The Balaban J connectivity index is 2.40. The number of alkyl halides is 1. The summed E-state index contributed by atoms with van der Waals surface area (Å²) < 4.78 is 2.34. The van der Waals surface area contributed by atoms with Gasteiger partial charge in [-0.2, -0.15) is 11.3 Å². The van der Waals surface area contributed by atoms with E-state index in [1.165, 1.54) is 20.5 Å². The number of halogens is 3. The van der Waals surface area contributed by atoms with Gasteiger partial charge in [0.25, 0.3) is 0 Å². The van der Waals surface area contributed by atoms with Crippen LogP contribution < -0.4 is 0 Å². The second-order valence-electron chi connectivity index (χ2n) is 3.15. The molecule has 0 spiro atoms. The molecule has 1 unspecified atom stereocenters. The van der Waals surface area contributed by atoms with E-state index in [1.807, 2.05) is 0 Å². The molecular formula is C10H7Br3S2. The zero-order valence-corrected chi connectivity index (χ0v) is 14.2. The zero-order chi connectivity index (χ0) is 11.0. The molecule has 80 valence electrons. The van der Waals surface area contributed by atoms with Crippen LogP contribution in [0.5, 0.6) is 0 Å². The lowest BCUT2D eigenvalue weighted by molar-refractivity contribution is 1.17. The second kappa shape index (κ2) is 5.00. The van der Waals surface area contributed by atoms with Crippen LogP contribution in [0.3, 0.4) is 0 Å². The molecule has 15 heavy (non-hydrogen) atoms. The predicted octanol–water partition coefficient (Wildman–Crippen LogP) is 6.13. The maximum Gasteiger partial charge on any atom is 0.0757 e. The maximum atomic E-state index is 3.75. The Hall–Kier alpha value is 0.840. The Morgan fingerprint density at radius 2 is 1.93 bits per heavy atom. The Labute approximate surface area is 122 Å². The van der Waals surface area contributed by atoms with E-state index in [0.717, 1.165) is 3.79 Å². The maximum absolute atomic E-state index is 3.75. The third-order valence-corrected chi connectivity index (χ3v) is 6.38. The molecule has 0 aliphatic rings. The van der Waals surface area contributed by atoms with Gasteiger partial charge < -0.3 is 0 Å². The van der Waals surface area contributed by atoms with E-state index in [-0.39, 0.29) is 4.83 Å². The van der Waals surface area contributed by atoms with Crippen LogP contribution in [0.15, 0.2) is 24.4 Å². The second-order valence-corrected chi connectivity index (χ2v) is 8.56. The molecule has 0 amide bonds. The van der Waals surface area contributed by atoms with Gasteiger partial charge in [-0.15, -0.1) is 11.3 Å². The quantitative estimate of drug-likeness (QED) is 0.503. The van der Waals surface area contributed by atoms with E-state index in [2.05, 4.69) is 71.5 Å². The van der Waals surface area contributed by atoms with E-state index in [4.69, 9.17) is 0 Å². The van der Waals surface area contributed by atoms with Gasteiger partial charge in [-0.1, -0.05) is 15.9 Å². The third kappa shape index (κ3) is 2.57. The van der Waals surface area contributed by atoms with Crippen LogP contribution in [-0.4, -0.2) is 0 Å². The fourth-order valence-corrected chi connectivity index (χ4v) is 6.59. The summed E-state index contributed by atoms with van der Waals surface area (Å²) in [5, 5.41) is 4.38. The van der Waals surface area contributed by atoms with Gasteiger partial charge in [-0.25, -0.2) is 0 Å². The van der Waals surface area contributed by atoms with Gasteiger partial charge in [-0.05, 0) is 72.3 Å². The van der Waals surface area contributed by atoms with Crippen molar-refractivity contribution in [2.45, 2.75) is 11.8 Å². The standard InChI is InChI=1S/C10H7Br3S2/c1-5-3-14-4-7(5)9(12)6-2-8(11)15-10(6)13/h2-4,9H,1H3. The van der Waals surface area contributed by atoms with Crippen molar-refractivity contribution in [3.8, 4) is 0 Å². The molecule has 0 bridgehead atoms. The van der Waals surface area contributed by atoms with Crippen molar-refractivity contribution in [3.63, 3.8) is 0 Å². The number of hydrogen-bond acceptors (Lipinski definition) is 2. The van der Waals surface area contributed by atoms with Gasteiger partial charge in [0.15, 0.2) is 0 Å². The van der Waals surface area contributed by atoms with Crippen LogP contribution in [0.4, 0.5) is 0 Å². The van der Waals surface area contributed by atoms with Crippen molar-refractivity contribution < 1.29 is 0 Å². The molecule has 0 aliphatic heterocycles. The highest BCUT2D eigenvalue weighted by atomic mass is 79.9. The van der Waals surface area contributed by atoms with Crippen LogP contribution in [0.1, 0.15) is 21.5 Å². The Morgan fingerprint density at radius 1 is 1.20 bits per heavy atom. The molecular weight excluding hydrogens is 424 g/mol. The first-order valence-electron chi connectivity index (χ1n) is 4.21. The van der Waals surface area contributed by atoms with E-state index in [0.29, 0.717) is 0 Å². The molecule has 2 aromatic heterocycles.